The lowest BCUT2D eigenvalue weighted by Gasteiger charge is -2.16. The molecule has 1 aromatic carbocycles. The Balaban J connectivity index is 2.05. The van der Waals surface area contributed by atoms with E-state index < -0.39 is 11.7 Å². The average Bonchev–Trinajstić information content (AvgIpc) is 2.64. The lowest BCUT2D eigenvalue weighted by Crippen LogP contribution is -2.30. The van der Waals surface area contributed by atoms with E-state index in [1.165, 1.54) is 4.90 Å². The van der Waals surface area contributed by atoms with Gasteiger partial charge < -0.3 is 10.0 Å². The first-order chi connectivity index (χ1) is 9.16. The minimum Gasteiger partial charge on any atom is -0.396 e. The molecule has 0 spiro atoms. The third kappa shape index (κ3) is 2.80. The van der Waals surface area contributed by atoms with Crippen molar-refractivity contribution in [3.05, 3.63) is 28.8 Å². The number of aliphatic hydroxyl groups is 1. The number of aliphatic hydroxyl groups excluding tert-OH is 1. The Labute approximate surface area is 117 Å². The van der Waals surface area contributed by atoms with Crippen molar-refractivity contribution >= 4 is 29.0 Å². The Morgan fingerprint density at radius 3 is 2.58 bits per heavy atom. The van der Waals surface area contributed by atoms with E-state index in [2.05, 4.69) is 0 Å². The lowest BCUT2D eigenvalue weighted by atomic mass is 10.1. The zero-order valence-corrected chi connectivity index (χ0v) is 11.3. The van der Waals surface area contributed by atoms with Gasteiger partial charge in [-0.25, -0.2) is 0 Å². The van der Waals surface area contributed by atoms with Crippen LogP contribution in [-0.4, -0.2) is 29.9 Å². The number of anilines is 1. The molecule has 5 heteroatoms. The van der Waals surface area contributed by atoms with E-state index in [1.54, 1.807) is 18.2 Å². The molecule has 1 aliphatic heterocycles. The molecular weight excluding hydrogens is 266 g/mol. The SMILES string of the molecule is O=C1C(=O)N(CCCCCCO)c2cccc(Cl)c21. The second-order valence-corrected chi connectivity index (χ2v) is 4.96. The Hall–Kier alpha value is -1.39. The van der Waals surface area contributed by atoms with E-state index in [-0.39, 0.29) is 6.61 Å². The van der Waals surface area contributed by atoms with Crippen molar-refractivity contribution in [1.82, 2.24) is 0 Å². The highest BCUT2D eigenvalue weighted by Crippen LogP contribution is 2.34. The van der Waals surface area contributed by atoms with Crippen LogP contribution in [0.2, 0.25) is 5.02 Å². The maximum Gasteiger partial charge on any atom is 0.299 e. The largest absolute Gasteiger partial charge is 0.396 e. The van der Waals surface area contributed by atoms with Gasteiger partial charge in [0.15, 0.2) is 0 Å². The number of carbonyl (C=O) groups is 2. The minimum absolute atomic E-state index is 0.194. The molecule has 1 N–H and O–H groups in total. The molecule has 0 saturated carbocycles. The number of Topliss-reactive ketones (excluding diaryl/α,β-unsaturated/α-hetero) is 1. The number of nitrogens with zero attached hydrogens (tertiary/aromatic N) is 1. The highest BCUT2D eigenvalue weighted by Gasteiger charge is 2.36. The van der Waals surface area contributed by atoms with E-state index >= 15 is 0 Å². The summed E-state index contributed by atoms with van der Waals surface area (Å²) in [7, 11) is 0. The van der Waals surface area contributed by atoms with Crippen LogP contribution in [0.25, 0.3) is 0 Å². The van der Waals surface area contributed by atoms with Gasteiger partial charge in [-0.05, 0) is 25.0 Å². The Kier molecular flexibility index (Phi) is 4.56. The van der Waals surface area contributed by atoms with Gasteiger partial charge in [0, 0.05) is 13.2 Å². The van der Waals surface area contributed by atoms with E-state index in [9.17, 15) is 9.59 Å². The summed E-state index contributed by atoms with van der Waals surface area (Å²) in [4.78, 5) is 25.3. The maximum absolute atomic E-state index is 11.9. The molecule has 0 radical (unpaired) electrons. The molecule has 0 saturated heterocycles. The van der Waals surface area contributed by atoms with Gasteiger partial charge in [-0.15, -0.1) is 0 Å². The summed E-state index contributed by atoms with van der Waals surface area (Å²) in [6.45, 7) is 0.711. The summed E-state index contributed by atoms with van der Waals surface area (Å²) in [5, 5.41) is 9.02. The fourth-order valence-electron chi connectivity index (χ4n) is 2.26. The van der Waals surface area contributed by atoms with Crippen LogP contribution in [0.5, 0.6) is 0 Å². The first-order valence-corrected chi connectivity index (χ1v) is 6.80. The zero-order valence-electron chi connectivity index (χ0n) is 10.6. The summed E-state index contributed by atoms with van der Waals surface area (Å²) in [5.74, 6) is -1.01. The van der Waals surface area contributed by atoms with Crippen LogP contribution >= 0.6 is 11.6 Å². The fraction of sp³-hybridized carbons (Fsp3) is 0.429. The smallest absolute Gasteiger partial charge is 0.299 e. The average molecular weight is 282 g/mol. The zero-order chi connectivity index (χ0) is 13.8. The van der Waals surface area contributed by atoms with E-state index in [0.29, 0.717) is 22.8 Å². The third-order valence-electron chi connectivity index (χ3n) is 3.24. The number of halogens is 1. The third-order valence-corrected chi connectivity index (χ3v) is 3.55. The monoisotopic (exact) mass is 281 g/mol. The van der Waals surface area contributed by atoms with Crippen LogP contribution in [0.15, 0.2) is 18.2 Å². The van der Waals surface area contributed by atoms with Crippen molar-refractivity contribution in [2.24, 2.45) is 0 Å². The number of hydrogen-bond donors (Lipinski definition) is 1. The normalized spacial score (nSPS) is 14.1. The highest BCUT2D eigenvalue weighted by molar-refractivity contribution is 6.55. The number of rotatable bonds is 6. The Morgan fingerprint density at radius 2 is 1.84 bits per heavy atom. The summed E-state index contributed by atoms with van der Waals surface area (Å²) < 4.78 is 0. The summed E-state index contributed by atoms with van der Waals surface area (Å²) >= 11 is 5.97. The molecule has 19 heavy (non-hydrogen) atoms. The van der Waals surface area contributed by atoms with E-state index in [4.69, 9.17) is 16.7 Å². The summed E-state index contributed by atoms with van der Waals surface area (Å²) in [6.07, 6.45) is 3.43. The van der Waals surface area contributed by atoms with Gasteiger partial charge in [0.2, 0.25) is 0 Å². The topological polar surface area (TPSA) is 57.6 Å². The molecule has 1 aromatic rings. The number of ketones is 1. The standard InChI is InChI=1S/C14H16ClNO3/c15-10-6-5-7-11-12(10)13(18)14(19)16(11)8-3-1-2-4-9-17/h5-7,17H,1-4,8-9H2. The van der Waals surface area contributed by atoms with Gasteiger partial charge in [-0.1, -0.05) is 30.5 Å². The quantitative estimate of drug-likeness (QED) is 0.643. The van der Waals surface area contributed by atoms with Crippen LogP contribution in [-0.2, 0) is 4.79 Å². The Morgan fingerprint density at radius 1 is 1.11 bits per heavy atom. The first-order valence-electron chi connectivity index (χ1n) is 6.42. The molecule has 1 amide bonds. The van der Waals surface area contributed by atoms with Crippen molar-refractivity contribution in [1.29, 1.82) is 0 Å². The summed E-state index contributed by atoms with van der Waals surface area (Å²) in [5.41, 5.74) is 0.939. The molecule has 0 bridgehead atoms. The van der Waals surface area contributed by atoms with Crippen LogP contribution in [0.1, 0.15) is 36.0 Å². The predicted molar refractivity (Wildman–Crippen MR) is 73.7 cm³/mol. The number of fused-ring (bicyclic) bond motifs is 1. The molecule has 0 atom stereocenters. The molecule has 1 heterocycles. The van der Waals surface area contributed by atoms with E-state index in [1.807, 2.05) is 0 Å². The van der Waals surface area contributed by atoms with Crippen molar-refractivity contribution in [3.63, 3.8) is 0 Å². The van der Waals surface area contributed by atoms with Gasteiger partial charge in [0.05, 0.1) is 16.3 Å². The van der Waals surface area contributed by atoms with E-state index in [0.717, 1.165) is 25.7 Å². The number of amides is 1. The molecule has 0 unspecified atom stereocenters. The molecule has 0 aromatic heterocycles. The minimum atomic E-state index is -0.518. The van der Waals surface area contributed by atoms with Crippen LogP contribution < -0.4 is 4.90 Å². The number of benzene rings is 1. The number of hydrogen-bond acceptors (Lipinski definition) is 3. The number of unbranched alkanes of at least 4 members (excludes halogenated alkanes) is 3. The molecule has 0 aliphatic carbocycles. The first kappa shape index (κ1) is 14.0. The fourth-order valence-corrected chi connectivity index (χ4v) is 2.51. The van der Waals surface area contributed by atoms with Crippen LogP contribution in [0.3, 0.4) is 0 Å². The van der Waals surface area contributed by atoms with Crippen molar-refractivity contribution < 1.29 is 14.7 Å². The summed E-state index contributed by atoms with van der Waals surface area (Å²) in [6, 6.07) is 5.11. The van der Waals surface area contributed by atoms with Crippen LogP contribution in [0.4, 0.5) is 5.69 Å². The van der Waals surface area contributed by atoms with Crippen LogP contribution in [0, 0.1) is 0 Å². The highest BCUT2D eigenvalue weighted by atomic mass is 35.5. The van der Waals surface area contributed by atoms with Gasteiger partial charge in [-0.3, -0.25) is 9.59 Å². The number of carbonyl (C=O) groups excluding carboxylic acids is 2. The van der Waals surface area contributed by atoms with Crippen molar-refractivity contribution in [2.45, 2.75) is 25.7 Å². The molecule has 1 aliphatic rings. The molecule has 102 valence electrons. The van der Waals surface area contributed by atoms with Crippen molar-refractivity contribution in [2.75, 3.05) is 18.1 Å². The molecular formula is C14H16ClNO3. The second-order valence-electron chi connectivity index (χ2n) is 4.56. The molecule has 0 fully saturated rings. The lowest BCUT2D eigenvalue weighted by molar-refractivity contribution is -0.114. The van der Waals surface area contributed by atoms with Crippen molar-refractivity contribution in [3.8, 4) is 0 Å². The Bertz CT molecular complexity index is 501. The van der Waals surface area contributed by atoms with Gasteiger partial charge in [0.1, 0.15) is 0 Å². The molecule has 4 nitrogen and oxygen atoms in total. The second kappa shape index (κ2) is 6.17. The van der Waals surface area contributed by atoms with Gasteiger partial charge in [-0.2, -0.15) is 0 Å². The predicted octanol–water partition coefficient (Wildman–Crippen LogP) is 2.42. The van der Waals surface area contributed by atoms with Gasteiger partial charge >= 0.3 is 0 Å². The molecule has 2 rings (SSSR count). The van der Waals surface area contributed by atoms with Gasteiger partial charge in [0.25, 0.3) is 11.7 Å². The maximum atomic E-state index is 11.9.